The number of carbonyl (C=O) groups is 1. The van der Waals surface area contributed by atoms with E-state index in [0.29, 0.717) is 13.0 Å². The molecule has 0 aromatic heterocycles. The summed E-state index contributed by atoms with van der Waals surface area (Å²) in [7, 11) is 0. The standard InChI is InChI=1S/C13H14Br2O3/c1-2-6-17-13-10(16)7-11(13)18-12-8(14)4-3-5-9(12)15/h3-5,11,13H,2,6-7H2,1H3. The van der Waals surface area contributed by atoms with Gasteiger partial charge in [-0.05, 0) is 50.4 Å². The van der Waals surface area contributed by atoms with Crippen LogP contribution >= 0.6 is 31.9 Å². The van der Waals surface area contributed by atoms with Crippen LogP contribution in [-0.4, -0.2) is 24.6 Å². The van der Waals surface area contributed by atoms with Crippen LogP contribution in [0.5, 0.6) is 5.75 Å². The number of hydrogen-bond donors (Lipinski definition) is 0. The Hall–Kier alpha value is -0.390. The highest BCUT2D eigenvalue weighted by molar-refractivity contribution is 9.11. The van der Waals surface area contributed by atoms with E-state index in [0.717, 1.165) is 21.1 Å². The molecule has 5 heteroatoms. The molecule has 0 saturated heterocycles. The predicted octanol–water partition coefficient (Wildman–Crippen LogP) is 3.73. The maximum Gasteiger partial charge on any atom is 0.169 e. The van der Waals surface area contributed by atoms with Crippen LogP contribution in [0.1, 0.15) is 19.8 Å². The van der Waals surface area contributed by atoms with E-state index < -0.39 is 6.10 Å². The fourth-order valence-electron chi connectivity index (χ4n) is 1.76. The van der Waals surface area contributed by atoms with Crippen molar-refractivity contribution in [2.45, 2.75) is 32.0 Å². The Morgan fingerprint density at radius 1 is 1.33 bits per heavy atom. The van der Waals surface area contributed by atoms with Crippen molar-refractivity contribution >= 4 is 37.6 Å². The van der Waals surface area contributed by atoms with Crippen LogP contribution in [0.2, 0.25) is 0 Å². The number of para-hydroxylation sites is 1. The Morgan fingerprint density at radius 3 is 2.56 bits per heavy atom. The van der Waals surface area contributed by atoms with Gasteiger partial charge in [-0.3, -0.25) is 4.79 Å². The van der Waals surface area contributed by atoms with E-state index in [4.69, 9.17) is 9.47 Å². The first-order valence-corrected chi connectivity index (χ1v) is 7.47. The summed E-state index contributed by atoms with van der Waals surface area (Å²) in [5.41, 5.74) is 0. The molecule has 2 atom stereocenters. The lowest BCUT2D eigenvalue weighted by Crippen LogP contribution is -2.52. The maximum absolute atomic E-state index is 11.5. The lowest BCUT2D eigenvalue weighted by Gasteiger charge is -2.35. The third-order valence-corrected chi connectivity index (χ3v) is 4.00. The van der Waals surface area contributed by atoms with Crippen LogP contribution in [0, 0.1) is 0 Å². The van der Waals surface area contributed by atoms with Gasteiger partial charge in [-0.2, -0.15) is 0 Å². The Labute approximate surface area is 123 Å². The van der Waals surface area contributed by atoms with E-state index in [9.17, 15) is 4.79 Å². The second-order valence-corrected chi connectivity index (χ2v) is 5.88. The van der Waals surface area contributed by atoms with E-state index in [2.05, 4.69) is 31.9 Å². The summed E-state index contributed by atoms with van der Waals surface area (Å²) in [5, 5.41) is 0. The average Bonchev–Trinajstić information content (AvgIpc) is 2.33. The van der Waals surface area contributed by atoms with Crippen LogP contribution in [0.4, 0.5) is 0 Å². The molecule has 0 amide bonds. The van der Waals surface area contributed by atoms with Gasteiger partial charge in [0.25, 0.3) is 0 Å². The first-order valence-electron chi connectivity index (χ1n) is 5.88. The van der Waals surface area contributed by atoms with Gasteiger partial charge in [-0.1, -0.05) is 13.0 Å². The average molecular weight is 378 g/mol. The summed E-state index contributed by atoms with van der Waals surface area (Å²) in [6.45, 7) is 2.61. The van der Waals surface area contributed by atoms with Crippen LogP contribution in [0.3, 0.4) is 0 Å². The summed E-state index contributed by atoms with van der Waals surface area (Å²) in [6.07, 6.45) is 0.722. The highest BCUT2D eigenvalue weighted by Crippen LogP contribution is 2.36. The molecule has 98 valence electrons. The van der Waals surface area contributed by atoms with Crippen molar-refractivity contribution in [1.29, 1.82) is 0 Å². The van der Waals surface area contributed by atoms with Gasteiger partial charge in [0.15, 0.2) is 11.9 Å². The molecule has 1 fully saturated rings. The van der Waals surface area contributed by atoms with Gasteiger partial charge >= 0.3 is 0 Å². The first kappa shape index (κ1) is 14.0. The molecule has 2 unspecified atom stereocenters. The number of carbonyl (C=O) groups excluding carboxylic acids is 1. The van der Waals surface area contributed by atoms with Gasteiger partial charge < -0.3 is 9.47 Å². The second-order valence-electron chi connectivity index (χ2n) is 4.17. The van der Waals surface area contributed by atoms with E-state index in [1.165, 1.54) is 0 Å². The molecular formula is C13H14Br2O3. The molecule has 0 spiro atoms. The predicted molar refractivity (Wildman–Crippen MR) is 75.9 cm³/mol. The maximum atomic E-state index is 11.5. The van der Waals surface area contributed by atoms with Crippen LogP contribution < -0.4 is 4.74 Å². The first-order chi connectivity index (χ1) is 8.63. The summed E-state index contributed by atoms with van der Waals surface area (Å²) >= 11 is 6.87. The molecule has 1 aromatic carbocycles. The number of halogens is 2. The lowest BCUT2D eigenvalue weighted by atomic mass is 9.90. The van der Waals surface area contributed by atoms with Crippen LogP contribution in [0.25, 0.3) is 0 Å². The third-order valence-electron chi connectivity index (χ3n) is 2.75. The second kappa shape index (κ2) is 6.17. The molecule has 0 bridgehead atoms. The number of ketones is 1. The topological polar surface area (TPSA) is 35.5 Å². The van der Waals surface area contributed by atoms with Crippen LogP contribution in [-0.2, 0) is 9.53 Å². The molecule has 0 N–H and O–H groups in total. The van der Waals surface area contributed by atoms with Crippen molar-refractivity contribution < 1.29 is 14.3 Å². The zero-order valence-electron chi connectivity index (χ0n) is 9.99. The van der Waals surface area contributed by atoms with Gasteiger partial charge in [0.1, 0.15) is 11.9 Å². The number of rotatable bonds is 5. The molecule has 0 radical (unpaired) electrons. The largest absolute Gasteiger partial charge is 0.484 e. The Balaban J connectivity index is 2.03. The molecule has 1 aliphatic carbocycles. The Kier molecular flexibility index (Phi) is 4.81. The van der Waals surface area contributed by atoms with Crippen molar-refractivity contribution in [1.82, 2.24) is 0 Å². The minimum Gasteiger partial charge on any atom is -0.484 e. The minimum absolute atomic E-state index is 0.122. The minimum atomic E-state index is -0.413. The molecule has 1 saturated carbocycles. The lowest BCUT2D eigenvalue weighted by molar-refractivity contribution is -0.154. The van der Waals surface area contributed by atoms with Gasteiger partial charge in [-0.25, -0.2) is 0 Å². The van der Waals surface area contributed by atoms with Crippen LogP contribution in [0.15, 0.2) is 27.1 Å². The highest BCUT2D eigenvalue weighted by Gasteiger charge is 2.43. The monoisotopic (exact) mass is 376 g/mol. The summed E-state index contributed by atoms with van der Waals surface area (Å²) < 4.78 is 13.1. The number of benzene rings is 1. The molecule has 18 heavy (non-hydrogen) atoms. The third kappa shape index (κ3) is 2.95. The van der Waals surface area contributed by atoms with E-state index in [1.54, 1.807) is 0 Å². The molecule has 1 aromatic rings. The van der Waals surface area contributed by atoms with Crippen molar-refractivity contribution in [3.63, 3.8) is 0 Å². The van der Waals surface area contributed by atoms with E-state index >= 15 is 0 Å². The van der Waals surface area contributed by atoms with Crippen molar-refractivity contribution in [2.75, 3.05) is 6.61 Å². The summed E-state index contributed by atoms with van der Waals surface area (Å²) in [5.74, 6) is 0.844. The van der Waals surface area contributed by atoms with Gasteiger partial charge in [-0.15, -0.1) is 0 Å². The zero-order chi connectivity index (χ0) is 13.1. The van der Waals surface area contributed by atoms with Gasteiger partial charge in [0.05, 0.1) is 8.95 Å². The fraction of sp³-hybridized carbons (Fsp3) is 0.462. The van der Waals surface area contributed by atoms with Crippen molar-refractivity contribution in [3.05, 3.63) is 27.1 Å². The molecule has 1 aliphatic rings. The Morgan fingerprint density at radius 2 is 2.00 bits per heavy atom. The van der Waals surface area contributed by atoms with Crippen molar-refractivity contribution in [3.8, 4) is 5.75 Å². The van der Waals surface area contributed by atoms with E-state index in [-0.39, 0.29) is 11.9 Å². The highest BCUT2D eigenvalue weighted by atomic mass is 79.9. The molecule has 3 nitrogen and oxygen atoms in total. The number of hydrogen-bond acceptors (Lipinski definition) is 3. The normalized spacial score (nSPS) is 22.7. The summed E-state index contributed by atoms with van der Waals surface area (Å²) in [4.78, 5) is 11.5. The zero-order valence-corrected chi connectivity index (χ0v) is 13.2. The SMILES string of the molecule is CCCOC1C(=O)CC1Oc1c(Br)cccc1Br. The fourth-order valence-corrected chi connectivity index (χ4v) is 2.95. The van der Waals surface area contributed by atoms with Gasteiger partial charge in [0.2, 0.25) is 0 Å². The molecular weight excluding hydrogens is 364 g/mol. The molecule has 0 aliphatic heterocycles. The molecule has 2 rings (SSSR count). The van der Waals surface area contributed by atoms with Crippen molar-refractivity contribution in [2.24, 2.45) is 0 Å². The quantitative estimate of drug-likeness (QED) is 0.784. The van der Waals surface area contributed by atoms with E-state index in [1.807, 2.05) is 25.1 Å². The smallest absolute Gasteiger partial charge is 0.169 e. The molecule has 0 heterocycles. The number of ether oxygens (including phenoxy) is 2. The Bertz CT molecular complexity index is 428. The van der Waals surface area contributed by atoms with Gasteiger partial charge in [0, 0.05) is 13.0 Å². The summed E-state index contributed by atoms with van der Waals surface area (Å²) in [6, 6.07) is 5.73. The number of Topliss-reactive ketones (excluding diaryl/α,β-unsaturated/α-hetero) is 1.